The number of nitrogen functional groups attached to an aromatic ring is 1. The number of nitro groups is 1. The molecular weight excluding hydrogens is 212 g/mol. The molecule has 7 nitrogen and oxygen atoms in total. The molecule has 2 N–H and O–H groups in total. The molecule has 0 fully saturated rings. The van der Waals surface area contributed by atoms with Gasteiger partial charge in [0.1, 0.15) is 5.69 Å². The summed E-state index contributed by atoms with van der Waals surface area (Å²) in [6.45, 7) is 5.26. The minimum Gasteiger partial charge on any atom is -0.472 e. The quantitative estimate of drug-likeness (QED) is 0.349. The van der Waals surface area contributed by atoms with Gasteiger partial charge in [-0.05, 0) is 13.3 Å². The zero-order valence-corrected chi connectivity index (χ0v) is 8.84. The fourth-order valence-electron chi connectivity index (χ4n) is 1.11. The minimum absolute atomic E-state index is 0.0447. The third kappa shape index (κ3) is 2.66. The molecule has 0 amide bonds. The maximum atomic E-state index is 10.8. The zero-order valence-electron chi connectivity index (χ0n) is 8.84. The predicted octanol–water partition coefficient (Wildman–Crippen LogP) is 1.23. The molecule has 0 aliphatic heterocycles. The number of hydrogen-bond acceptors (Lipinski definition) is 6. The van der Waals surface area contributed by atoms with E-state index in [0.29, 0.717) is 6.42 Å². The molecule has 0 aromatic carbocycles. The van der Waals surface area contributed by atoms with Gasteiger partial charge in [0.15, 0.2) is 0 Å². The van der Waals surface area contributed by atoms with Crippen LogP contribution in [0.4, 0.5) is 11.6 Å². The Balaban J connectivity index is 3.03. The van der Waals surface area contributed by atoms with Crippen LogP contribution in [0.3, 0.4) is 0 Å². The molecule has 1 rings (SSSR count). The second kappa shape index (κ2) is 5.06. The zero-order chi connectivity index (χ0) is 12.1. The van der Waals surface area contributed by atoms with E-state index in [4.69, 9.17) is 10.5 Å². The van der Waals surface area contributed by atoms with Crippen molar-refractivity contribution in [1.82, 2.24) is 9.97 Å². The number of anilines is 1. The van der Waals surface area contributed by atoms with E-state index in [9.17, 15) is 10.1 Å². The first-order chi connectivity index (χ1) is 7.56. The molecule has 7 heteroatoms. The molecule has 1 heterocycles. The second-order valence-corrected chi connectivity index (χ2v) is 3.00. The highest BCUT2D eigenvalue weighted by Crippen LogP contribution is 2.27. The summed E-state index contributed by atoms with van der Waals surface area (Å²) in [6.07, 6.45) is 2.21. The standard InChI is InChI=1S/C9H12N4O3/c1-3-4-5-16-8-7(13(14)15)6(2)11-9(10)12-8/h3H,1,4-5H2,2H3,(H2,10,11,12). The van der Waals surface area contributed by atoms with Crippen LogP contribution in [-0.4, -0.2) is 21.5 Å². The highest BCUT2D eigenvalue weighted by Gasteiger charge is 2.22. The Kier molecular flexibility index (Phi) is 3.76. The number of nitrogens with two attached hydrogens (primary N) is 1. The lowest BCUT2D eigenvalue weighted by Crippen LogP contribution is -2.07. The van der Waals surface area contributed by atoms with Crippen molar-refractivity contribution in [1.29, 1.82) is 0 Å². The van der Waals surface area contributed by atoms with Crippen LogP contribution in [0.15, 0.2) is 12.7 Å². The van der Waals surface area contributed by atoms with Gasteiger partial charge in [-0.1, -0.05) is 6.08 Å². The van der Waals surface area contributed by atoms with Crippen molar-refractivity contribution in [3.8, 4) is 5.88 Å². The van der Waals surface area contributed by atoms with Gasteiger partial charge in [-0.3, -0.25) is 10.1 Å². The first-order valence-corrected chi connectivity index (χ1v) is 4.58. The van der Waals surface area contributed by atoms with Gasteiger partial charge in [-0.15, -0.1) is 6.58 Å². The first-order valence-electron chi connectivity index (χ1n) is 4.58. The Morgan fingerprint density at radius 1 is 1.62 bits per heavy atom. The lowest BCUT2D eigenvalue weighted by molar-refractivity contribution is -0.387. The molecule has 86 valence electrons. The monoisotopic (exact) mass is 224 g/mol. The molecule has 0 radical (unpaired) electrons. The second-order valence-electron chi connectivity index (χ2n) is 3.00. The molecule has 0 aliphatic carbocycles. The summed E-state index contributed by atoms with van der Waals surface area (Å²) >= 11 is 0. The van der Waals surface area contributed by atoms with E-state index in [-0.39, 0.29) is 29.8 Å². The summed E-state index contributed by atoms with van der Waals surface area (Å²) in [5, 5.41) is 10.8. The average Bonchev–Trinajstić information content (AvgIpc) is 2.16. The highest BCUT2D eigenvalue weighted by molar-refractivity contribution is 5.47. The molecule has 0 saturated carbocycles. The topological polar surface area (TPSA) is 104 Å². The normalized spacial score (nSPS) is 9.81. The molecule has 0 atom stereocenters. The van der Waals surface area contributed by atoms with Gasteiger partial charge in [-0.25, -0.2) is 4.98 Å². The molecule has 1 aromatic rings. The Morgan fingerprint density at radius 3 is 2.88 bits per heavy atom. The summed E-state index contributed by atoms with van der Waals surface area (Å²) in [5.74, 6) is -0.145. The van der Waals surface area contributed by atoms with Gasteiger partial charge >= 0.3 is 5.69 Å². The SMILES string of the molecule is C=CCCOc1nc(N)nc(C)c1[N+](=O)[O-]. The maximum Gasteiger partial charge on any atom is 0.352 e. The van der Waals surface area contributed by atoms with Gasteiger partial charge in [0.05, 0.1) is 11.5 Å². The van der Waals surface area contributed by atoms with Gasteiger partial charge in [-0.2, -0.15) is 4.98 Å². The smallest absolute Gasteiger partial charge is 0.352 e. The Hall–Kier alpha value is -2.18. The summed E-state index contributed by atoms with van der Waals surface area (Å²) in [4.78, 5) is 17.6. The molecular formula is C9H12N4O3. The molecule has 0 saturated heterocycles. The summed E-state index contributed by atoms with van der Waals surface area (Å²) < 4.78 is 5.16. The van der Waals surface area contributed by atoms with E-state index in [1.165, 1.54) is 6.92 Å². The van der Waals surface area contributed by atoms with Crippen LogP contribution >= 0.6 is 0 Å². The van der Waals surface area contributed by atoms with Crippen LogP contribution in [0.2, 0.25) is 0 Å². The first kappa shape index (κ1) is 11.9. The van der Waals surface area contributed by atoms with E-state index in [0.717, 1.165) is 0 Å². The van der Waals surface area contributed by atoms with Crippen LogP contribution in [0, 0.1) is 17.0 Å². The van der Waals surface area contributed by atoms with Crippen LogP contribution < -0.4 is 10.5 Å². The van der Waals surface area contributed by atoms with Crippen molar-refractivity contribution in [3.63, 3.8) is 0 Å². The molecule has 16 heavy (non-hydrogen) atoms. The molecule has 0 unspecified atom stereocenters. The molecule has 1 aromatic heterocycles. The van der Waals surface area contributed by atoms with Gasteiger partial charge < -0.3 is 10.5 Å². The number of nitrogens with zero attached hydrogens (tertiary/aromatic N) is 3. The van der Waals surface area contributed by atoms with Gasteiger partial charge in [0.2, 0.25) is 5.95 Å². The van der Waals surface area contributed by atoms with E-state index in [1.54, 1.807) is 6.08 Å². The van der Waals surface area contributed by atoms with Gasteiger partial charge in [0.25, 0.3) is 5.88 Å². The Bertz CT molecular complexity index is 419. The van der Waals surface area contributed by atoms with Crippen molar-refractivity contribution in [3.05, 3.63) is 28.5 Å². The third-order valence-electron chi connectivity index (χ3n) is 1.79. The molecule has 0 aliphatic rings. The van der Waals surface area contributed by atoms with Crippen LogP contribution in [0.5, 0.6) is 5.88 Å². The van der Waals surface area contributed by atoms with Crippen LogP contribution in [0.1, 0.15) is 12.1 Å². The van der Waals surface area contributed by atoms with Crippen molar-refractivity contribution < 1.29 is 9.66 Å². The molecule has 0 spiro atoms. The highest BCUT2D eigenvalue weighted by atomic mass is 16.6. The number of aromatic nitrogens is 2. The lowest BCUT2D eigenvalue weighted by Gasteiger charge is -2.06. The summed E-state index contributed by atoms with van der Waals surface area (Å²) in [5.41, 5.74) is 5.32. The number of ether oxygens (including phenoxy) is 1. The van der Waals surface area contributed by atoms with E-state index in [2.05, 4.69) is 16.5 Å². The largest absolute Gasteiger partial charge is 0.472 e. The number of hydrogen-bond donors (Lipinski definition) is 1. The lowest BCUT2D eigenvalue weighted by atomic mass is 10.3. The van der Waals surface area contributed by atoms with Crippen molar-refractivity contribution in [2.24, 2.45) is 0 Å². The Morgan fingerprint density at radius 2 is 2.31 bits per heavy atom. The fourth-order valence-corrected chi connectivity index (χ4v) is 1.11. The van der Waals surface area contributed by atoms with E-state index >= 15 is 0 Å². The third-order valence-corrected chi connectivity index (χ3v) is 1.79. The average molecular weight is 224 g/mol. The van der Waals surface area contributed by atoms with Crippen LogP contribution in [0.25, 0.3) is 0 Å². The number of aryl methyl sites for hydroxylation is 1. The predicted molar refractivity (Wildman–Crippen MR) is 58.1 cm³/mol. The number of rotatable bonds is 5. The van der Waals surface area contributed by atoms with Crippen LogP contribution in [-0.2, 0) is 0 Å². The molecule has 0 bridgehead atoms. The minimum atomic E-state index is -0.585. The van der Waals surface area contributed by atoms with Crippen molar-refractivity contribution in [2.75, 3.05) is 12.3 Å². The maximum absolute atomic E-state index is 10.8. The van der Waals surface area contributed by atoms with E-state index < -0.39 is 4.92 Å². The Labute approximate surface area is 92.1 Å². The summed E-state index contributed by atoms with van der Waals surface area (Å²) in [7, 11) is 0. The summed E-state index contributed by atoms with van der Waals surface area (Å²) in [6, 6.07) is 0. The van der Waals surface area contributed by atoms with Crippen molar-refractivity contribution in [2.45, 2.75) is 13.3 Å². The van der Waals surface area contributed by atoms with E-state index in [1.807, 2.05) is 0 Å². The van der Waals surface area contributed by atoms with Crippen molar-refractivity contribution >= 4 is 11.6 Å². The fraction of sp³-hybridized carbons (Fsp3) is 0.333. The van der Waals surface area contributed by atoms with Gasteiger partial charge in [0, 0.05) is 0 Å².